The van der Waals surface area contributed by atoms with Gasteiger partial charge >= 0.3 is 13.1 Å². The first-order valence-electron chi connectivity index (χ1n) is 4.24. The van der Waals surface area contributed by atoms with Crippen molar-refractivity contribution in [2.24, 2.45) is 0 Å². The van der Waals surface area contributed by atoms with Gasteiger partial charge < -0.3 is 14.8 Å². The van der Waals surface area contributed by atoms with Crippen LogP contribution in [0.2, 0.25) is 6.32 Å². The highest BCUT2D eigenvalue weighted by atomic mass is 16.5. The Balaban J connectivity index is 2.48. The SMILES string of the molecule is O=C(O)c1nccc2c1OB(O)CC2. The number of aromatic nitrogens is 1. The summed E-state index contributed by atoms with van der Waals surface area (Å²) < 4.78 is 5.04. The molecule has 1 aromatic heterocycles. The van der Waals surface area contributed by atoms with Crippen molar-refractivity contribution < 1.29 is 19.6 Å². The van der Waals surface area contributed by atoms with Crippen LogP contribution in [0, 0.1) is 0 Å². The molecule has 0 atom stereocenters. The van der Waals surface area contributed by atoms with Gasteiger partial charge in [0.2, 0.25) is 0 Å². The molecule has 6 heteroatoms. The molecule has 0 amide bonds. The summed E-state index contributed by atoms with van der Waals surface area (Å²) in [6, 6.07) is 1.70. The summed E-state index contributed by atoms with van der Waals surface area (Å²) in [4.78, 5) is 14.4. The third-order valence-electron chi connectivity index (χ3n) is 2.10. The van der Waals surface area contributed by atoms with Crippen LogP contribution < -0.4 is 4.65 Å². The van der Waals surface area contributed by atoms with Crippen LogP contribution in [0.5, 0.6) is 5.75 Å². The number of aromatic carboxylic acids is 1. The molecule has 0 aliphatic carbocycles. The van der Waals surface area contributed by atoms with Crippen molar-refractivity contribution in [1.82, 2.24) is 4.98 Å². The fourth-order valence-corrected chi connectivity index (χ4v) is 1.44. The molecule has 1 aliphatic rings. The lowest BCUT2D eigenvalue weighted by Gasteiger charge is -2.20. The van der Waals surface area contributed by atoms with E-state index in [0.717, 1.165) is 5.56 Å². The number of fused-ring (bicyclic) bond motifs is 1. The average Bonchev–Trinajstić information content (AvgIpc) is 2.16. The quantitative estimate of drug-likeness (QED) is 0.622. The lowest BCUT2D eigenvalue weighted by atomic mass is 9.79. The van der Waals surface area contributed by atoms with Gasteiger partial charge in [0.15, 0.2) is 5.69 Å². The third-order valence-corrected chi connectivity index (χ3v) is 2.10. The first-order chi connectivity index (χ1) is 6.68. The Morgan fingerprint density at radius 3 is 3.14 bits per heavy atom. The summed E-state index contributed by atoms with van der Waals surface area (Å²) in [5.41, 5.74) is 0.643. The Kier molecular flexibility index (Phi) is 2.13. The highest BCUT2D eigenvalue weighted by Crippen LogP contribution is 2.28. The number of hydrogen-bond acceptors (Lipinski definition) is 4. The van der Waals surface area contributed by atoms with Crippen LogP contribution in [0.1, 0.15) is 16.1 Å². The van der Waals surface area contributed by atoms with E-state index in [1.807, 2.05) is 0 Å². The van der Waals surface area contributed by atoms with Crippen molar-refractivity contribution in [1.29, 1.82) is 0 Å². The summed E-state index contributed by atoms with van der Waals surface area (Å²) in [5, 5.41) is 18.0. The van der Waals surface area contributed by atoms with Crippen molar-refractivity contribution in [3.05, 3.63) is 23.5 Å². The lowest BCUT2D eigenvalue weighted by molar-refractivity contribution is 0.0687. The molecular weight excluding hydrogens is 185 g/mol. The van der Waals surface area contributed by atoms with Crippen molar-refractivity contribution in [3.63, 3.8) is 0 Å². The molecule has 0 saturated heterocycles. The van der Waals surface area contributed by atoms with Gasteiger partial charge in [0, 0.05) is 6.20 Å². The van der Waals surface area contributed by atoms with Crippen LogP contribution in [0.25, 0.3) is 0 Å². The van der Waals surface area contributed by atoms with Gasteiger partial charge in [0.1, 0.15) is 5.75 Å². The van der Waals surface area contributed by atoms with E-state index in [0.29, 0.717) is 12.7 Å². The molecule has 0 saturated carbocycles. The highest BCUT2D eigenvalue weighted by molar-refractivity contribution is 6.44. The molecule has 72 valence electrons. The minimum atomic E-state index is -1.14. The maximum Gasteiger partial charge on any atom is 0.522 e. The first-order valence-corrected chi connectivity index (χ1v) is 4.24. The third kappa shape index (κ3) is 1.44. The van der Waals surface area contributed by atoms with Crippen LogP contribution in [-0.2, 0) is 6.42 Å². The standard InChI is InChI=1S/C8H8BNO4/c11-8(12)6-7-5(2-4-10-6)1-3-9(13)14-7/h2,4,13H,1,3H2,(H,11,12). The van der Waals surface area contributed by atoms with Crippen LogP contribution in [-0.4, -0.2) is 28.2 Å². The predicted molar refractivity (Wildman–Crippen MR) is 48.3 cm³/mol. The number of nitrogens with zero attached hydrogens (tertiary/aromatic N) is 1. The molecule has 1 aliphatic heterocycles. The monoisotopic (exact) mass is 193 g/mol. The van der Waals surface area contributed by atoms with Crippen molar-refractivity contribution in [2.45, 2.75) is 12.7 Å². The topological polar surface area (TPSA) is 79.7 Å². The molecule has 0 spiro atoms. The van der Waals surface area contributed by atoms with Crippen LogP contribution in [0.15, 0.2) is 12.3 Å². The Morgan fingerprint density at radius 1 is 1.64 bits per heavy atom. The first kappa shape index (κ1) is 9.02. The largest absolute Gasteiger partial charge is 0.534 e. The van der Waals surface area contributed by atoms with Crippen LogP contribution in [0.4, 0.5) is 0 Å². The van der Waals surface area contributed by atoms with Gasteiger partial charge in [-0.05, 0) is 24.4 Å². The van der Waals surface area contributed by atoms with E-state index < -0.39 is 13.1 Å². The summed E-state index contributed by atoms with van der Waals surface area (Å²) in [6.45, 7) is 0. The van der Waals surface area contributed by atoms with E-state index in [1.165, 1.54) is 6.20 Å². The molecule has 0 aromatic carbocycles. The Hall–Kier alpha value is -1.56. The van der Waals surface area contributed by atoms with Gasteiger partial charge in [-0.15, -0.1) is 0 Å². The number of pyridine rings is 1. The zero-order valence-corrected chi connectivity index (χ0v) is 7.30. The van der Waals surface area contributed by atoms with Gasteiger partial charge in [0.25, 0.3) is 0 Å². The summed E-state index contributed by atoms with van der Waals surface area (Å²) >= 11 is 0. The summed E-state index contributed by atoms with van der Waals surface area (Å²) in [7, 11) is -0.926. The molecule has 0 unspecified atom stereocenters. The van der Waals surface area contributed by atoms with Gasteiger partial charge in [-0.25, -0.2) is 9.78 Å². The van der Waals surface area contributed by atoms with Gasteiger partial charge in [-0.3, -0.25) is 0 Å². The second-order valence-corrected chi connectivity index (χ2v) is 3.06. The smallest absolute Gasteiger partial charge is 0.522 e. The summed E-state index contributed by atoms with van der Waals surface area (Å²) in [5.74, 6) is -0.949. The second-order valence-electron chi connectivity index (χ2n) is 3.06. The Morgan fingerprint density at radius 2 is 2.43 bits per heavy atom. The zero-order chi connectivity index (χ0) is 10.1. The Bertz CT molecular complexity index is 382. The normalized spacial score (nSPS) is 14.5. The van der Waals surface area contributed by atoms with Crippen molar-refractivity contribution >= 4 is 13.1 Å². The predicted octanol–water partition coefficient (Wildman–Crippen LogP) is 0.195. The molecule has 0 bridgehead atoms. The van der Waals surface area contributed by atoms with E-state index >= 15 is 0 Å². The fourth-order valence-electron chi connectivity index (χ4n) is 1.44. The van der Waals surface area contributed by atoms with E-state index in [1.54, 1.807) is 6.07 Å². The minimum Gasteiger partial charge on any atom is -0.534 e. The van der Waals surface area contributed by atoms with Gasteiger partial charge in [-0.1, -0.05) is 0 Å². The number of carboxylic acids is 1. The average molecular weight is 193 g/mol. The zero-order valence-electron chi connectivity index (χ0n) is 7.30. The van der Waals surface area contributed by atoms with E-state index in [2.05, 4.69) is 4.98 Å². The van der Waals surface area contributed by atoms with Gasteiger partial charge in [0.05, 0.1) is 0 Å². The fraction of sp³-hybridized carbons (Fsp3) is 0.250. The van der Waals surface area contributed by atoms with E-state index in [4.69, 9.17) is 9.76 Å². The van der Waals surface area contributed by atoms with Crippen LogP contribution >= 0.6 is 0 Å². The van der Waals surface area contributed by atoms with Crippen molar-refractivity contribution in [2.75, 3.05) is 0 Å². The number of rotatable bonds is 1. The number of carbonyl (C=O) groups is 1. The molecule has 2 heterocycles. The molecule has 0 radical (unpaired) electrons. The lowest BCUT2D eigenvalue weighted by Crippen LogP contribution is -2.28. The molecule has 2 rings (SSSR count). The maximum atomic E-state index is 10.8. The molecule has 14 heavy (non-hydrogen) atoms. The number of carboxylic acid groups (broad SMARTS) is 1. The maximum absolute atomic E-state index is 10.8. The minimum absolute atomic E-state index is 0.138. The van der Waals surface area contributed by atoms with Crippen LogP contribution in [0.3, 0.4) is 0 Å². The number of hydrogen-bond donors (Lipinski definition) is 2. The molecule has 2 N–H and O–H groups in total. The molecule has 0 fully saturated rings. The molecular formula is C8H8BNO4. The molecule has 1 aromatic rings. The number of aryl methyl sites for hydroxylation is 1. The van der Waals surface area contributed by atoms with Gasteiger partial charge in [-0.2, -0.15) is 0 Å². The van der Waals surface area contributed by atoms with E-state index in [-0.39, 0.29) is 11.4 Å². The second kappa shape index (κ2) is 3.30. The van der Waals surface area contributed by atoms with E-state index in [9.17, 15) is 9.82 Å². The summed E-state index contributed by atoms with van der Waals surface area (Å²) in [6.07, 6.45) is 2.53. The Labute approximate surface area is 80.5 Å². The highest BCUT2D eigenvalue weighted by Gasteiger charge is 2.27. The molecule has 5 nitrogen and oxygen atoms in total. The van der Waals surface area contributed by atoms with Crippen molar-refractivity contribution in [3.8, 4) is 5.75 Å².